The van der Waals surface area contributed by atoms with Gasteiger partial charge in [0.15, 0.2) is 5.96 Å². The standard InChI is InChI=1S/C18H24N4/c1-4-19-18(20-13-17-12-8-9-15(2)21-17)22(3)14-16-10-6-5-7-11-16/h5-12H,4,13-14H2,1-3H3,(H,19,20). The van der Waals surface area contributed by atoms with Gasteiger partial charge in [0.25, 0.3) is 0 Å². The van der Waals surface area contributed by atoms with Crippen LogP contribution in [-0.2, 0) is 13.1 Å². The SMILES string of the molecule is CCNC(=NCc1cccc(C)n1)N(C)Cc1ccccc1. The Morgan fingerprint density at radius 2 is 1.91 bits per heavy atom. The van der Waals surface area contributed by atoms with Crippen LogP contribution in [0.15, 0.2) is 53.5 Å². The van der Waals surface area contributed by atoms with Gasteiger partial charge in [-0.25, -0.2) is 4.99 Å². The molecule has 1 aromatic carbocycles. The summed E-state index contributed by atoms with van der Waals surface area (Å²) in [5.41, 5.74) is 3.28. The summed E-state index contributed by atoms with van der Waals surface area (Å²) < 4.78 is 0. The molecule has 0 atom stereocenters. The molecule has 2 aromatic rings. The van der Waals surface area contributed by atoms with Crippen molar-refractivity contribution < 1.29 is 0 Å². The number of aromatic nitrogens is 1. The molecule has 0 saturated carbocycles. The van der Waals surface area contributed by atoms with E-state index in [1.165, 1.54) is 5.56 Å². The average molecular weight is 296 g/mol. The number of nitrogens with one attached hydrogen (secondary N) is 1. The molecule has 0 bridgehead atoms. The summed E-state index contributed by atoms with van der Waals surface area (Å²) in [6.45, 7) is 6.34. The zero-order chi connectivity index (χ0) is 15.8. The molecular formula is C18H24N4. The topological polar surface area (TPSA) is 40.5 Å². The molecule has 116 valence electrons. The van der Waals surface area contributed by atoms with Crippen molar-refractivity contribution in [3.05, 3.63) is 65.5 Å². The minimum atomic E-state index is 0.586. The number of hydrogen-bond acceptors (Lipinski definition) is 2. The van der Waals surface area contributed by atoms with Crippen LogP contribution in [0.25, 0.3) is 0 Å². The summed E-state index contributed by atoms with van der Waals surface area (Å²) in [6, 6.07) is 16.4. The Kier molecular flexibility index (Phi) is 5.95. The Labute approximate surface area is 132 Å². The highest BCUT2D eigenvalue weighted by Gasteiger charge is 2.06. The van der Waals surface area contributed by atoms with Crippen molar-refractivity contribution in [2.24, 2.45) is 4.99 Å². The minimum Gasteiger partial charge on any atom is -0.357 e. The number of pyridine rings is 1. The van der Waals surface area contributed by atoms with Crippen LogP contribution in [0.2, 0.25) is 0 Å². The van der Waals surface area contributed by atoms with E-state index in [1.807, 2.05) is 31.2 Å². The molecule has 0 aliphatic rings. The third-order valence-electron chi connectivity index (χ3n) is 3.30. The van der Waals surface area contributed by atoms with Gasteiger partial charge in [-0.2, -0.15) is 0 Å². The predicted octanol–water partition coefficient (Wildman–Crippen LogP) is 2.99. The van der Waals surface area contributed by atoms with Gasteiger partial charge in [0.2, 0.25) is 0 Å². The lowest BCUT2D eigenvalue weighted by molar-refractivity contribution is 0.476. The number of hydrogen-bond donors (Lipinski definition) is 1. The second-order valence-electron chi connectivity index (χ2n) is 5.28. The molecule has 0 aliphatic heterocycles. The van der Waals surface area contributed by atoms with Crippen LogP contribution < -0.4 is 5.32 Å². The zero-order valence-corrected chi connectivity index (χ0v) is 13.6. The maximum atomic E-state index is 4.69. The van der Waals surface area contributed by atoms with Gasteiger partial charge < -0.3 is 10.2 Å². The Morgan fingerprint density at radius 1 is 1.14 bits per heavy atom. The molecule has 4 nitrogen and oxygen atoms in total. The van der Waals surface area contributed by atoms with Gasteiger partial charge >= 0.3 is 0 Å². The summed E-state index contributed by atoms with van der Waals surface area (Å²) in [7, 11) is 2.05. The number of nitrogens with zero attached hydrogens (tertiary/aromatic N) is 3. The number of benzene rings is 1. The lowest BCUT2D eigenvalue weighted by Crippen LogP contribution is -2.38. The van der Waals surface area contributed by atoms with E-state index in [1.54, 1.807) is 0 Å². The zero-order valence-electron chi connectivity index (χ0n) is 13.6. The first-order chi connectivity index (χ1) is 10.7. The molecule has 1 N–H and O–H groups in total. The highest BCUT2D eigenvalue weighted by Crippen LogP contribution is 2.04. The summed E-state index contributed by atoms with van der Waals surface area (Å²) in [5, 5.41) is 3.34. The Balaban J connectivity index is 2.06. The average Bonchev–Trinajstić information content (AvgIpc) is 2.52. The quantitative estimate of drug-likeness (QED) is 0.681. The van der Waals surface area contributed by atoms with Crippen molar-refractivity contribution in [3.63, 3.8) is 0 Å². The first kappa shape index (κ1) is 16.0. The van der Waals surface area contributed by atoms with E-state index in [9.17, 15) is 0 Å². The minimum absolute atomic E-state index is 0.586. The van der Waals surface area contributed by atoms with Gasteiger partial charge in [0.05, 0.1) is 12.2 Å². The van der Waals surface area contributed by atoms with Gasteiger partial charge in [0, 0.05) is 25.8 Å². The van der Waals surface area contributed by atoms with E-state index in [0.29, 0.717) is 6.54 Å². The molecule has 22 heavy (non-hydrogen) atoms. The molecule has 0 fully saturated rings. The molecule has 1 aromatic heterocycles. The molecule has 1 heterocycles. The van der Waals surface area contributed by atoms with Crippen LogP contribution in [0, 0.1) is 6.92 Å². The molecule has 4 heteroatoms. The molecule has 0 amide bonds. The van der Waals surface area contributed by atoms with Crippen molar-refractivity contribution in [1.82, 2.24) is 15.2 Å². The normalized spacial score (nSPS) is 11.3. The first-order valence-corrected chi connectivity index (χ1v) is 7.65. The number of rotatable bonds is 5. The third kappa shape index (κ3) is 4.88. The van der Waals surface area contributed by atoms with E-state index in [-0.39, 0.29) is 0 Å². The van der Waals surface area contributed by atoms with Crippen LogP contribution in [-0.4, -0.2) is 29.4 Å². The molecule has 0 aliphatic carbocycles. The summed E-state index contributed by atoms with van der Waals surface area (Å²) in [6.07, 6.45) is 0. The van der Waals surface area contributed by atoms with Gasteiger partial charge in [-0.1, -0.05) is 36.4 Å². The highest BCUT2D eigenvalue weighted by atomic mass is 15.3. The van der Waals surface area contributed by atoms with Gasteiger partial charge in [-0.05, 0) is 31.5 Å². The van der Waals surface area contributed by atoms with Crippen molar-refractivity contribution in [2.75, 3.05) is 13.6 Å². The van der Waals surface area contributed by atoms with Crippen LogP contribution in [0.4, 0.5) is 0 Å². The Morgan fingerprint density at radius 3 is 2.59 bits per heavy atom. The molecule has 2 rings (SSSR count). The highest BCUT2D eigenvalue weighted by molar-refractivity contribution is 5.79. The van der Waals surface area contributed by atoms with Gasteiger partial charge in [0.1, 0.15) is 0 Å². The van der Waals surface area contributed by atoms with Gasteiger partial charge in [-0.15, -0.1) is 0 Å². The van der Waals surface area contributed by atoms with Crippen molar-refractivity contribution in [2.45, 2.75) is 26.9 Å². The molecule has 0 saturated heterocycles. The Hall–Kier alpha value is -2.36. The van der Waals surface area contributed by atoms with Crippen molar-refractivity contribution >= 4 is 5.96 Å². The van der Waals surface area contributed by atoms with E-state index in [2.05, 4.69) is 58.4 Å². The van der Waals surface area contributed by atoms with Crippen molar-refractivity contribution in [1.29, 1.82) is 0 Å². The maximum Gasteiger partial charge on any atom is 0.194 e. The summed E-state index contributed by atoms with van der Waals surface area (Å²) in [4.78, 5) is 11.3. The van der Waals surface area contributed by atoms with Crippen LogP contribution in [0.1, 0.15) is 23.9 Å². The second-order valence-corrected chi connectivity index (χ2v) is 5.28. The van der Waals surface area contributed by atoms with Crippen LogP contribution >= 0.6 is 0 Å². The van der Waals surface area contributed by atoms with E-state index in [4.69, 9.17) is 0 Å². The fourth-order valence-electron chi connectivity index (χ4n) is 2.25. The molecular weight excluding hydrogens is 272 g/mol. The smallest absolute Gasteiger partial charge is 0.194 e. The number of aliphatic imine (C=N–C) groups is 1. The molecule has 0 unspecified atom stereocenters. The third-order valence-corrected chi connectivity index (χ3v) is 3.30. The maximum absolute atomic E-state index is 4.69. The molecule has 0 spiro atoms. The number of guanidine groups is 1. The fourth-order valence-corrected chi connectivity index (χ4v) is 2.25. The van der Waals surface area contributed by atoms with Crippen LogP contribution in [0.5, 0.6) is 0 Å². The number of aryl methyl sites for hydroxylation is 1. The van der Waals surface area contributed by atoms with E-state index >= 15 is 0 Å². The lowest BCUT2D eigenvalue weighted by Gasteiger charge is -2.22. The summed E-state index contributed by atoms with van der Waals surface area (Å²) >= 11 is 0. The van der Waals surface area contributed by atoms with Crippen molar-refractivity contribution in [3.8, 4) is 0 Å². The second kappa shape index (κ2) is 8.17. The monoisotopic (exact) mass is 296 g/mol. The fraction of sp³-hybridized carbons (Fsp3) is 0.333. The largest absolute Gasteiger partial charge is 0.357 e. The van der Waals surface area contributed by atoms with Gasteiger partial charge in [-0.3, -0.25) is 4.98 Å². The van der Waals surface area contributed by atoms with Crippen LogP contribution in [0.3, 0.4) is 0 Å². The van der Waals surface area contributed by atoms with E-state index < -0.39 is 0 Å². The lowest BCUT2D eigenvalue weighted by atomic mass is 10.2. The summed E-state index contributed by atoms with van der Waals surface area (Å²) in [5.74, 6) is 0.898. The predicted molar refractivity (Wildman–Crippen MR) is 91.7 cm³/mol. The first-order valence-electron chi connectivity index (χ1n) is 7.65. The van der Waals surface area contributed by atoms with E-state index in [0.717, 1.165) is 30.4 Å². The molecule has 0 radical (unpaired) electrons. The Bertz CT molecular complexity index is 607.